The van der Waals surface area contributed by atoms with Crippen molar-refractivity contribution in [3.8, 4) is 0 Å². The molecular weight excluding hydrogens is 256 g/mol. The summed E-state index contributed by atoms with van der Waals surface area (Å²) in [6, 6.07) is 1.80. The highest BCUT2D eigenvalue weighted by Gasteiger charge is 2.25. The van der Waals surface area contributed by atoms with E-state index in [1.165, 1.54) is 19.1 Å². The summed E-state index contributed by atoms with van der Waals surface area (Å²) in [6.07, 6.45) is 0. The van der Waals surface area contributed by atoms with Crippen LogP contribution in [0.15, 0.2) is 12.1 Å². The predicted molar refractivity (Wildman–Crippen MR) is 65.7 cm³/mol. The van der Waals surface area contributed by atoms with Crippen LogP contribution < -0.4 is 11.1 Å². The number of nitrogens with zero attached hydrogens (tertiary/aromatic N) is 1. The average Bonchev–Trinajstić information content (AvgIpc) is 2.66. The van der Waals surface area contributed by atoms with E-state index in [0.29, 0.717) is 4.57 Å². The minimum Gasteiger partial charge on any atom is -0.368 e. The van der Waals surface area contributed by atoms with Crippen LogP contribution in [-0.2, 0) is 4.79 Å². The first-order chi connectivity index (χ1) is 8.75. The number of carbonyl (C=O) groups excluding carboxylic acids is 2. The van der Waals surface area contributed by atoms with Crippen LogP contribution in [0.2, 0.25) is 0 Å². The van der Waals surface area contributed by atoms with Gasteiger partial charge < -0.3 is 11.1 Å². The third-order valence-corrected chi connectivity index (χ3v) is 2.81. The van der Waals surface area contributed by atoms with Gasteiger partial charge in [0, 0.05) is 5.69 Å². The van der Waals surface area contributed by atoms with E-state index in [1.807, 2.05) is 0 Å². The molecule has 3 N–H and O–H groups in total. The minimum atomic E-state index is -2.82. The second-order valence-electron chi connectivity index (χ2n) is 4.61. The molecule has 1 aromatic rings. The predicted octanol–water partition coefficient (Wildman–Crippen LogP) is 1.43. The molecule has 0 aliphatic carbocycles. The second-order valence-corrected chi connectivity index (χ2v) is 4.61. The Hall–Kier alpha value is -1.92. The molecule has 0 saturated carbocycles. The first kappa shape index (κ1) is 15.1. The Morgan fingerprint density at radius 2 is 1.89 bits per heavy atom. The molecule has 0 aromatic carbocycles. The lowest BCUT2D eigenvalue weighted by Crippen LogP contribution is -2.48. The van der Waals surface area contributed by atoms with Crippen LogP contribution in [0.5, 0.6) is 0 Å². The molecule has 0 bridgehead atoms. The SMILES string of the molecule is Cc1ccc(C(=O)N[C@H](C(N)=O)C(C)C)n1C(F)F. The molecule has 1 rings (SSSR count). The van der Waals surface area contributed by atoms with E-state index < -0.39 is 24.4 Å². The van der Waals surface area contributed by atoms with Gasteiger partial charge in [0.2, 0.25) is 5.91 Å². The number of hydrogen-bond donors (Lipinski definition) is 2. The Balaban J connectivity index is 2.98. The maximum atomic E-state index is 12.8. The third kappa shape index (κ3) is 3.30. The standard InChI is InChI=1S/C12H17F2N3O2/c1-6(2)9(10(15)18)16-11(19)8-5-4-7(3)17(8)12(13)14/h4-6,9,12H,1-3H3,(H2,15,18)(H,16,19)/t9-/m0/s1. The van der Waals surface area contributed by atoms with E-state index in [0.717, 1.165) is 0 Å². The van der Waals surface area contributed by atoms with E-state index in [-0.39, 0.29) is 17.3 Å². The van der Waals surface area contributed by atoms with Crippen molar-refractivity contribution >= 4 is 11.8 Å². The van der Waals surface area contributed by atoms with Crippen LogP contribution in [0.25, 0.3) is 0 Å². The zero-order valence-electron chi connectivity index (χ0n) is 11.0. The molecular formula is C12H17F2N3O2. The number of amides is 2. The monoisotopic (exact) mass is 273 g/mol. The molecule has 0 unspecified atom stereocenters. The molecule has 19 heavy (non-hydrogen) atoms. The number of rotatable bonds is 5. The highest BCUT2D eigenvalue weighted by atomic mass is 19.3. The van der Waals surface area contributed by atoms with Crippen molar-refractivity contribution in [3.05, 3.63) is 23.5 Å². The van der Waals surface area contributed by atoms with Crippen molar-refractivity contribution in [1.29, 1.82) is 0 Å². The van der Waals surface area contributed by atoms with E-state index in [4.69, 9.17) is 5.73 Å². The van der Waals surface area contributed by atoms with Gasteiger partial charge in [0.1, 0.15) is 11.7 Å². The van der Waals surface area contributed by atoms with Crippen molar-refractivity contribution in [3.63, 3.8) is 0 Å². The highest BCUT2D eigenvalue weighted by Crippen LogP contribution is 2.19. The molecule has 0 fully saturated rings. The summed E-state index contributed by atoms with van der Waals surface area (Å²) in [7, 11) is 0. The number of aryl methyl sites for hydroxylation is 1. The van der Waals surface area contributed by atoms with Gasteiger partial charge in [-0.15, -0.1) is 0 Å². The fourth-order valence-electron chi connectivity index (χ4n) is 1.78. The number of alkyl halides is 2. The first-order valence-corrected chi connectivity index (χ1v) is 5.81. The van der Waals surface area contributed by atoms with Crippen LogP contribution in [0, 0.1) is 12.8 Å². The largest absolute Gasteiger partial charge is 0.368 e. The van der Waals surface area contributed by atoms with Crippen LogP contribution in [0.4, 0.5) is 8.78 Å². The highest BCUT2D eigenvalue weighted by molar-refractivity contribution is 5.96. The number of halogens is 2. The van der Waals surface area contributed by atoms with Crippen LogP contribution in [0.1, 0.15) is 36.6 Å². The quantitative estimate of drug-likeness (QED) is 0.851. The van der Waals surface area contributed by atoms with E-state index in [9.17, 15) is 18.4 Å². The molecule has 0 saturated heterocycles. The Morgan fingerprint density at radius 3 is 2.32 bits per heavy atom. The Labute approximate surface area is 109 Å². The molecule has 1 aromatic heterocycles. The molecule has 106 valence electrons. The maximum Gasteiger partial charge on any atom is 0.319 e. The summed E-state index contributed by atoms with van der Waals surface area (Å²) in [5.74, 6) is -1.67. The minimum absolute atomic E-state index is 0.195. The second kappa shape index (κ2) is 5.81. The average molecular weight is 273 g/mol. The summed E-state index contributed by atoms with van der Waals surface area (Å²) < 4.78 is 26.3. The van der Waals surface area contributed by atoms with E-state index in [1.54, 1.807) is 13.8 Å². The summed E-state index contributed by atoms with van der Waals surface area (Å²) >= 11 is 0. The van der Waals surface area contributed by atoms with Crippen LogP contribution >= 0.6 is 0 Å². The summed E-state index contributed by atoms with van der Waals surface area (Å²) in [5.41, 5.74) is 5.23. The molecule has 0 aliphatic rings. The summed E-state index contributed by atoms with van der Waals surface area (Å²) in [4.78, 5) is 23.1. The number of carbonyl (C=O) groups is 2. The zero-order valence-corrected chi connectivity index (χ0v) is 11.0. The number of nitrogens with two attached hydrogens (primary N) is 1. The van der Waals surface area contributed by atoms with Crippen molar-refractivity contribution in [2.75, 3.05) is 0 Å². The lowest BCUT2D eigenvalue weighted by molar-refractivity contribution is -0.120. The van der Waals surface area contributed by atoms with Crippen molar-refractivity contribution in [2.24, 2.45) is 11.7 Å². The van der Waals surface area contributed by atoms with Gasteiger partial charge in [-0.2, -0.15) is 8.78 Å². The van der Waals surface area contributed by atoms with Gasteiger partial charge in [0.25, 0.3) is 5.91 Å². The lowest BCUT2D eigenvalue weighted by atomic mass is 10.0. The van der Waals surface area contributed by atoms with Gasteiger partial charge in [0.05, 0.1) is 0 Å². The number of hydrogen-bond acceptors (Lipinski definition) is 2. The van der Waals surface area contributed by atoms with Gasteiger partial charge in [-0.05, 0) is 25.0 Å². The summed E-state index contributed by atoms with van der Waals surface area (Å²) in [6.45, 7) is 2.05. The number of aromatic nitrogens is 1. The van der Waals surface area contributed by atoms with Gasteiger partial charge in [-0.25, -0.2) is 0 Å². The zero-order chi connectivity index (χ0) is 14.7. The fourth-order valence-corrected chi connectivity index (χ4v) is 1.78. The smallest absolute Gasteiger partial charge is 0.319 e. The Kier molecular flexibility index (Phi) is 4.63. The molecule has 1 atom stereocenters. The summed E-state index contributed by atoms with van der Waals surface area (Å²) in [5, 5.41) is 2.37. The van der Waals surface area contributed by atoms with Gasteiger partial charge >= 0.3 is 6.55 Å². The third-order valence-electron chi connectivity index (χ3n) is 2.81. The van der Waals surface area contributed by atoms with Gasteiger partial charge in [0.15, 0.2) is 0 Å². The Morgan fingerprint density at radius 1 is 1.32 bits per heavy atom. The molecule has 7 heteroatoms. The number of nitrogens with one attached hydrogen (secondary N) is 1. The molecule has 5 nitrogen and oxygen atoms in total. The molecule has 0 spiro atoms. The van der Waals surface area contributed by atoms with E-state index >= 15 is 0 Å². The Bertz CT molecular complexity index is 483. The van der Waals surface area contributed by atoms with Gasteiger partial charge in [-0.3, -0.25) is 14.2 Å². The molecule has 2 amide bonds. The van der Waals surface area contributed by atoms with Crippen molar-refractivity contribution in [1.82, 2.24) is 9.88 Å². The first-order valence-electron chi connectivity index (χ1n) is 5.81. The van der Waals surface area contributed by atoms with Crippen molar-refractivity contribution in [2.45, 2.75) is 33.4 Å². The van der Waals surface area contributed by atoms with Crippen molar-refractivity contribution < 1.29 is 18.4 Å². The van der Waals surface area contributed by atoms with Crippen LogP contribution in [-0.4, -0.2) is 22.4 Å². The molecule has 0 aliphatic heterocycles. The number of primary amides is 1. The molecule has 0 radical (unpaired) electrons. The maximum absolute atomic E-state index is 12.8. The van der Waals surface area contributed by atoms with Crippen LogP contribution in [0.3, 0.4) is 0 Å². The molecule has 1 heterocycles. The topological polar surface area (TPSA) is 77.1 Å². The fraction of sp³-hybridized carbons (Fsp3) is 0.500. The van der Waals surface area contributed by atoms with Gasteiger partial charge in [-0.1, -0.05) is 13.8 Å². The lowest BCUT2D eigenvalue weighted by Gasteiger charge is -2.19. The normalized spacial score (nSPS) is 12.8. The van der Waals surface area contributed by atoms with E-state index in [2.05, 4.69) is 5.32 Å².